The lowest BCUT2D eigenvalue weighted by molar-refractivity contribution is -0.122. The number of rotatable bonds is 13. The summed E-state index contributed by atoms with van der Waals surface area (Å²) in [5.41, 5.74) is 18.4. The van der Waals surface area contributed by atoms with Gasteiger partial charge < -0.3 is 36.2 Å². The molecule has 10 rings (SSSR count). The number of aromatic nitrogens is 10. The van der Waals surface area contributed by atoms with Crippen molar-refractivity contribution in [2.45, 2.75) is 105 Å². The molecule has 24 heteroatoms. The quantitative estimate of drug-likeness (QED) is 0.0441. The van der Waals surface area contributed by atoms with Crippen molar-refractivity contribution in [3.05, 3.63) is 97.2 Å². The molecule has 0 spiro atoms. The monoisotopic (exact) mass is 1060 g/mol. The van der Waals surface area contributed by atoms with Crippen LogP contribution >= 0.6 is 23.2 Å². The van der Waals surface area contributed by atoms with Crippen molar-refractivity contribution in [2.75, 3.05) is 40.8 Å². The number of carbonyl (C=O) groups is 5. The molecule has 7 N–H and O–H groups in total. The molecule has 0 bridgehead atoms. The van der Waals surface area contributed by atoms with Gasteiger partial charge in [-0.05, 0) is 59.5 Å². The van der Waals surface area contributed by atoms with Crippen LogP contribution in [0.1, 0.15) is 118 Å². The molecule has 8 heterocycles. The topological polar surface area (TPSA) is 309 Å². The second-order valence-electron chi connectivity index (χ2n) is 18.6. The summed E-state index contributed by atoms with van der Waals surface area (Å²) in [5, 5.41) is 3.01. The largest absolute Gasteiger partial charge is 0.496 e. The number of hydrogen-bond donors (Lipinski definition) is 5. The minimum absolute atomic E-state index is 0.0219. The number of aromatic amines is 2. The van der Waals surface area contributed by atoms with E-state index >= 15 is 0 Å². The lowest BCUT2D eigenvalue weighted by Gasteiger charge is -2.19. The Hall–Kier alpha value is -7.85. The Kier molecular flexibility index (Phi) is 16.5. The van der Waals surface area contributed by atoms with Gasteiger partial charge in [0, 0.05) is 70.4 Å². The van der Waals surface area contributed by atoms with Gasteiger partial charge in [-0.1, -0.05) is 48.9 Å². The summed E-state index contributed by atoms with van der Waals surface area (Å²) in [6.45, 7) is 8.06. The summed E-state index contributed by atoms with van der Waals surface area (Å²) in [6, 6.07) is 0. The average Bonchev–Trinajstić information content (AvgIpc) is 4.26. The summed E-state index contributed by atoms with van der Waals surface area (Å²) >= 11 is 12.5. The molecule has 4 aliphatic rings. The number of hydrogen-bond acceptors (Lipinski definition) is 17. The molecule has 0 aromatic carbocycles. The molecule has 22 nitrogen and oxygen atoms in total. The maximum Gasteiger partial charge on any atom is 0.260 e. The summed E-state index contributed by atoms with van der Waals surface area (Å²) in [6.07, 6.45) is 17.5. The first kappa shape index (κ1) is 53.4. The predicted octanol–water partition coefficient (Wildman–Crippen LogP) is 7.02. The highest BCUT2D eigenvalue weighted by Crippen LogP contribution is 2.42. The minimum atomic E-state index is -0.336. The Labute approximate surface area is 441 Å². The third-order valence-electron chi connectivity index (χ3n) is 13.6. The van der Waals surface area contributed by atoms with E-state index in [0.29, 0.717) is 57.8 Å². The van der Waals surface area contributed by atoms with Crippen LogP contribution in [0.3, 0.4) is 0 Å². The molecule has 2 saturated carbocycles. The third kappa shape index (κ3) is 11.8. The van der Waals surface area contributed by atoms with Crippen LogP contribution in [-0.4, -0.2) is 93.9 Å². The average molecular weight is 1060 g/mol. The van der Waals surface area contributed by atoms with Gasteiger partial charge >= 0.3 is 0 Å². The highest BCUT2D eigenvalue weighted by Gasteiger charge is 2.38. The number of amides is 3. The number of anilines is 5. The lowest BCUT2D eigenvalue weighted by Crippen LogP contribution is -2.28. The molecule has 6 aromatic rings. The summed E-state index contributed by atoms with van der Waals surface area (Å²) < 4.78 is 10.9. The highest BCUT2D eigenvalue weighted by molar-refractivity contribution is 6.41. The van der Waals surface area contributed by atoms with Gasteiger partial charge in [0.05, 0.1) is 62.5 Å². The first-order valence-electron chi connectivity index (χ1n) is 24.3. The summed E-state index contributed by atoms with van der Waals surface area (Å²) in [7, 11) is 3.21. The zero-order valence-corrected chi connectivity index (χ0v) is 43.9. The Bertz CT molecular complexity index is 3220. The van der Waals surface area contributed by atoms with Gasteiger partial charge in [0.25, 0.3) is 5.91 Å². The zero-order chi connectivity index (χ0) is 53.7. The van der Waals surface area contributed by atoms with Crippen molar-refractivity contribution in [1.29, 1.82) is 0 Å². The molecule has 0 atom stereocenters. The number of fused-ring (bicyclic) bond motifs is 2. The molecular formula is C51H57Cl2N15O7. The minimum Gasteiger partial charge on any atom is -0.496 e. The number of nitrogens with zero attached hydrogens (tertiary/aromatic N) is 10. The van der Waals surface area contributed by atoms with Crippen molar-refractivity contribution in [3.63, 3.8) is 0 Å². The molecule has 0 unspecified atom stereocenters. The summed E-state index contributed by atoms with van der Waals surface area (Å²) in [5.74, 6) is 3.44. The van der Waals surface area contributed by atoms with E-state index in [4.69, 9.17) is 44.1 Å². The van der Waals surface area contributed by atoms with Crippen LogP contribution in [0.25, 0.3) is 11.6 Å². The van der Waals surface area contributed by atoms with E-state index in [9.17, 15) is 24.0 Å². The van der Waals surface area contributed by atoms with E-state index in [1.165, 1.54) is 16.0 Å². The molecule has 2 fully saturated rings. The van der Waals surface area contributed by atoms with E-state index in [-0.39, 0.29) is 94.9 Å². The van der Waals surface area contributed by atoms with E-state index in [1.807, 2.05) is 27.7 Å². The number of ether oxygens (including phenoxy) is 2. The van der Waals surface area contributed by atoms with Crippen molar-refractivity contribution in [1.82, 2.24) is 49.8 Å². The highest BCUT2D eigenvalue weighted by atomic mass is 35.5. The molecular weight excluding hydrogens is 1010 g/mol. The standard InChI is InChI=1S/C26H28ClN7O3.C15H16ClN5O2.C10H13N3O2/c1-13-10-29-18(14(2)22(13)37-3)12-34-24-21(23(27)32-26(28)33-24)17(25(34)36)9-20-30-11-16(31-20)8-19(35)15-6-4-5-7-15;1-7-5-18-10(8(2)12(7)23-3)6-21-11(22)4-9-13(16)19-15(17)20-14(9)21;14-6-9-11-5-8(12-9)13-10(15)7-3-1-2-4-7/h9-11,15H,4-8,12H2,1-3H3,(H,30,31)(H2,28,32,33);5H,4,6H2,1-3H3,(H2,17,19,20);5-7H,1-4H2,(H,11,12)(H,13,15)/b17-9-;;. The number of nitrogens with two attached hydrogens (primary N) is 2. The number of carbonyl (C=O) groups excluding carboxylic acids is 5. The molecule has 0 saturated heterocycles. The van der Waals surface area contributed by atoms with Crippen LogP contribution in [0.15, 0.2) is 24.8 Å². The SMILES string of the molecule is COc1c(C)cnc(CN2C(=O)/C(=C\c3ncc(CC(=O)C4CCCC4)[nH]3)c3c(Cl)nc(N)nc32)c1C.COc1c(C)cnc(CN2C(=O)Cc3c(Cl)nc(N)nc32)c1C.O=Cc1ncc(NC(=O)C2CCCC2)[nH]1. The fourth-order valence-electron chi connectivity index (χ4n) is 9.76. The van der Waals surface area contributed by atoms with Crippen LogP contribution in [-0.2, 0) is 45.1 Å². The number of nitrogen functional groups attached to an aromatic ring is 2. The van der Waals surface area contributed by atoms with Gasteiger partial charge in [0.1, 0.15) is 45.0 Å². The van der Waals surface area contributed by atoms with Crippen LogP contribution in [0, 0.1) is 39.5 Å². The smallest absolute Gasteiger partial charge is 0.260 e. The Morgan fingerprint density at radius 2 is 1.29 bits per heavy atom. The van der Waals surface area contributed by atoms with E-state index in [0.717, 1.165) is 85.1 Å². The van der Waals surface area contributed by atoms with E-state index in [2.05, 4.69) is 55.2 Å². The van der Waals surface area contributed by atoms with E-state index in [1.54, 1.807) is 38.9 Å². The Balaban J connectivity index is 0.000000166. The number of ketones is 1. The maximum atomic E-state index is 13.7. The maximum absolute atomic E-state index is 13.7. The number of methoxy groups -OCH3 is 2. The number of aldehydes is 1. The number of imidazole rings is 2. The first-order chi connectivity index (χ1) is 36.0. The third-order valence-corrected chi connectivity index (χ3v) is 14.2. The van der Waals surface area contributed by atoms with Crippen molar-refractivity contribution in [2.24, 2.45) is 11.8 Å². The number of pyridine rings is 2. The first-order valence-corrected chi connectivity index (χ1v) is 25.1. The van der Waals surface area contributed by atoms with Crippen LogP contribution in [0.5, 0.6) is 11.5 Å². The van der Waals surface area contributed by atoms with Gasteiger partial charge in [0.2, 0.25) is 23.7 Å². The fraction of sp³-hybridized carbons (Fsp3) is 0.392. The second kappa shape index (κ2) is 23.1. The molecule has 2 aliphatic carbocycles. The second-order valence-corrected chi connectivity index (χ2v) is 19.3. The molecule has 2 aliphatic heterocycles. The number of halogens is 2. The van der Waals surface area contributed by atoms with Crippen LogP contribution < -0.4 is 36.1 Å². The van der Waals surface area contributed by atoms with Gasteiger partial charge in [-0.25, -0.2) is 19.9 Å². The number of nitrogens with one attached hydrogen (secondary N) is 3. The Morgan fingerprint density at radius 1 is 0.733 bits per heavy atom. The van der Waals surface area contributed by atoms with Crippen LogP contribution in [0.4, 0.5) is 29.4 Å². The van der Waals surface area contributed by atoms with E-state index < -0.39 is 0 Å². The van der Waals surface area contributed by atoms with Crippen molar-refractivity contribution in [3.8, 4) is 11.5 Å². The lowest BCUT2D eigenvalue weighted by atomic mass is 9.99. The fourth-order valence-corrected chi connectivity index (χ4v) is 10.3. The predicted molar refractivity (Wildman–Crippen MR) is 281 cm³/mol. The van der Waals surface area contributed by atoms with Gasteiger partial charge in [-0.3, -0.25) is 43.7 Å². The van der Waals surface area contributed by atoms with Gasteiger partial charge in [-0.15, -0.1) is 0 Å². The van der Waals surface area contributed by atoms with Gasteiger partial charge in [-0.2, -0.15) is 9.97 Å². The number of Topliss-reactive ketones (excluding diaryl/α,β-unsaturated/α-hetero) is 1. The molecule has 75 heavy (non-hydrogen) atoms. The molecule has 0 radical (unpaired) electrons. The van der Waals surface area contributed by atoms with Crippen molar-refractivity contribution >= 4 is 94.0 Å². The summed E-state index contributed by atoms with van der Waals surface area (Å²) in [4.78, 5) is 103. The molecule has 6 aromatic heterocycles. The number of H-pyrrole nitrogens is 2. The van der Waals surface area contributed by atoms with Crippen LogP contribution in [0.2, 0.25) is 10.3 Å². The van der Waals surface area contributed by atoms with Crippen molar-refractivity contribution < 1.29 is 33.4 Å². The van der Waals surface area contributed by atoms with Gasteiger partial charge in [0.15, 0.2) is 17.9 Å². The molecule has 3 amide bonds. The number of aryl methyl sites for hydroxylation is 2. The Morgan fingerprint density at radius 3 is 1.88 bits per heavy atom. The zero-order valence-electron chi connectivity index (χ0n) is 42.3. The molecule has 392 valence electrons. The normalized spacial score (nSPS) is 15.6.